The highest BCUT2D eigenvalue weighted by Crippen LogP contribution is 2.23. The molecule has 0 bridgehead atoms. The Morgan fingerprint density at radius 1 is 0.897 bits per heavy atom. The van der Waals surface area contributed by atoms with Crippen LogP contribution < -0.4 is 9.62 Å². The summed E-state index contributed by atoms with van der Waals surface area (Å²) in [4.78, 5) is 16.2. The third-order valence-electron chi connectivity index (χ3n) is 5.59. The number of hydrogen-bond donors (Lipinski definition) is 1. The van der Waals surface area contributed by atoms with Gasteiger partial charge in [-0.1, -0.05) is 24.3 Å². The molecule has 29 heavy (non-hydrogen) atoms. The van der Waals surface area contributed by atoms with E-state index in [0.29, 0.717) is 13.0 Å². The Kier molecular flexibility index (Phi) is 5.99. The molecule has 6 nitrogen and oxygen atoms in total. The summed E-state index contributed by atoms with van der Waals surface area (Å²) in [5, 5.41) is 0. The average molecular weight is 414 g/mol. The van der Waals surface area contributed by atoms with E-state index in [-0.39, 0.29) is 17.3 Å². The highest BCUT2D eigenvalue weighted by molar-refractivity contribution is 7.89. The van der Waals surface area contributed by atoms with Crippen molar-refractivity contribution in [1.82, 2.24) is 9.62 Å². The first-order chi connectivity index (χ1) is 14.0. The molecule has 0 aliphatic carbocycles. The molecule has 0 radical (unpaired) electrons. The number of nitrogens with one attached hydrogen (secondary N) is 1. The van der Waals surface area contributed by atoms with Crippen molar-refractivity contribution in [3.8, 4) is 0 Å². The van der Waals surface area contributed by atoms with Gasteiger partial charge in [0.25, 0.3) is 0 Å². The standard InChI is InChI=1S/C22H27N3O3S/c26-22-7-4-14-25(22)20-8-10-21(11-9-20)29(27,28)23-16-18-5-3-6-19(15-18)17-24-12-1-2-13-24/h3,5-6,8-11,15,23H,1-2,4,7,12-14,16-17H2. The van der Waals surface area contributed by atoms with Crippen LogP contribution in [0.25, 0.3) is 0 Å². The van der Waals surface area contributed by atoms with E-state index in [1.54, 1.807) is 29.2 Å². The summed E-state index contributed by atoms with van der Waals surface area (Å²) in [6.07, 6.45) is 3.91. The van der Waals surface area contributed by atoms with Crippen molar-refractivity contribution in [2.75, 3.05) is 24.5 Å². The first-order valence-corrected chi connectivity index (χ1v) is 11.7. The molecule has 7 heteroatoms. The smallest absolute Gasteiger partial charge is 0.240 e. The van der Waals surface area contributed by atoms with Crippen LogP contribution in [-0.2, 0) is 27.9 Å². The molecule has 154 valence electrons. The molecular weight excluding hydrogens is 386 g/mol. The zero-order valence-corrected chi connectivity index (χ0v) is 17.3. The van der Waals surface area contributed by atoms with Crippen LogP contribution in [0.15, 0.2) is 53.4 Å². The summed E-state index contributed by atoms with van der Waals surface area (Å²) in [5.41, 5.74) is 2.91. The number of amides is 1. The van der Waals surface area contributed by atoms with E-state index < -0.39 is 10.0 Å². The fourth-order valence-electron chi connectivity index (χ4n) is 4.02. The minimum Gasteiger partial charge on any atom is -0.312 e. The van der Waals surface area contributed by atoms with Crippen molar-refractivity contribution in [3.63, 3.8) is 0 Å². The normalized spacial score (nSPS) is 17.9. The Labute approximate surface area is 172 Å². The molecule has 4 rings (SSSR count). The lowest BCUT2D eigenvalue weighted by atomic mass is 10.1. The lowest BCUT2D eigenvalue weighted by molar-refractivity contribution is -0.117. The molecule has 2 aromatic carbocycles. The Bertz CT molecular complexity index is 967. The second kappa shape index (κ2) is 8.65. The minimum absolute atomic E-state index is 0.0903. The third-order valence-corrected chi connectivity index (χ3v) is 7.01. The third kappa shape index (κ3) is 4.86. The van der Waals surface area contributed by atoms with Crippen LogP contribution in [-0.4, -0.2) is 38.9 Å². The summed E-state index contributed by atoms with van der Waals surface area (Å²) < 4.78 is 28.0. The van der Waals surface area contributed by atoms with Crippen LogP contribution in [0.2, 0.25) is 0 Å². The molecule has 2 aromatic rings. The zero-order valence-electron chi connectivity index (χ0n) is 16.5. The molecule has 2 fully saturated rings. The average Bonchev–Trinajstić information content (AvgIpc) is 3.39. The number of anilines is 1. The minimum atomic E-state index is -3.61. The van der Waals surface area contributed by atoms with Gasteiger partial charge < -0.3 is 4.90 Å². The molecule has 2 aliphatic rings. The van der Waals surface area contributed by atoms with E-state index >= 15 is 0 Å². The molecule has 1 N–H and O–H groups in total. The Hall–Kier alpha value is -2.22. The number of likely N-dealkylation sites (tertiary alicyclic amines) is 1. The fourth-order valence-corrected chi connectivity index (χ4v) is 5.04. The molecule has 0 unspecified atom stereocenters. The maximum Gasteiger partial charge on any atom is 0.240 e. The number of benzene rings is 2. The van der Waals surface area contributed by atoms with Crippen LogP contribution in [0.4, 0.5) is 5.69 Å². The molecule has 2 aliphatic heterocycles. The summed E-state index contributed by atoms with van der Waals surface area (Å²) in [5.74, 6) is 0.0903. The lowest BCUT2D eigenvalue weighted by Crippen LogP contribution is -2.25. The van der Waals surface area contributed by atoms with Gasteiger partial charge in [0.05, 0.1) is 4.90 Å². The van der Waals surface area contributed by atoms with Gasteiger partial charge in [-0.05, 0) is 67.7 Å². The van der Waals surface area contributed by atoms with Crippen LogP contribution in [0, 0.1) is 0 Å². The van der Waals surface area contributed by atoms with Crippen molar-refractivity contribution >= 4 is 21.6 Å². The highest BCUT2D eigenvalue weighted by atomic mass is 32.2. The van der Waals surface area contributed by atoms with Crippen molar-refractivity contribution in [2.24, 2.45) is 0 Å². The molecule has 0 spiro atoms. The second-order valence-electron chi connectivity index (χ2n) is 7.77. The van der Waals surface area contributed by atoms with E-state index in [4.69, 9.17) is 0 Å². The van der Waals surface area contributed by atoms with Crippen molar-refractivity contribution in [1.29, 1.82) is 0 Å². The summed E-state index contributed by atoms with van der Waals surface area (Å²) in [6.45, 7) is 4.13. The van der Waals surface area contributed by atoms with Crippen LogP contribution in [0.3, 0.4) is 0 Å². The summed E-state index contributed by atoms with van der Waals surface area (Å²) in [6, 6.07) is 14.6. The predicted molar refractivity (Wildman–Crippen MR) is 113 cm³/mol. The van der Waals surface area contributed by atoms with Gasteiger partial charge >= 0.3 is 0 Å². The zero-order chi connectivity index (χ0) is 20.3. The van der Waals surface area contributed by atoms with Crippen LogP contribution >= 0.6 is 0 Å². The van der Waals surface area contributed by atoms with Crippen molar-refractivity contribution < 1.29 is 13.2 Å². The van der Waals surface area contributed by atoms with Gasteiger partial charge in [-0.15, -0.1) is 0 Å². The molecule has 0 atom stereocenters. The molecular formula is C22H27N3O3S. The second-order valence-corrected chi connectivity index (χ2v) is 9.54. The molecule has 0 saturated carbocycles. The number of rotatable bonds is 7. The SMILES string of the molecule is O=C1CCCN1c1ccc(S(=O)(=O)NCc2cccc(CN3CCCC3)c2)cc1. The Morgan fingerprint density at radius 3 is 2.31 bits per heavy atom. The van der Waals surface area contributed by atoms with Gasteiger partial charge in [-0.2, -0.15) is 0 Å². The molecule has 1 amide bonds. The Balaban J connectivity index is 1.39. The van der Waals surface area contributed by atoms with E-state index in [1.165, 1.54) is 18.4 Å². The molecule has 0 aromatic heterocycles. The topological polar surface area (TPSA) is 69.7 Å². The summed E-state index contributed by atoms with van der Waals surface area (Å²) >= 11 is 0. The fraction of sp³-hybridized carbons (Fsp3) is 0.409. The van der Waals surface area contributed by atoms with Gasteiger partial charge in [0.1, 0.15) is 0 Å². The van der Waals surface area contributed by atoms with Gasteiger partial charge in [0, 0.05) is 31.7 Å². The number of carbonyl (C=O) groups excluding carboxylic acids is 1. The van der Waals surface area contributed by atoms with Gasteiger partial charge in [0.15, 0.2) is 0 Å². The van der Waals surface area contributed by atoms with Gasteiger partial charge in [0.2, 0.25) is 15.9 Å². The van der Waals surface area contributed by atoms with Crippen LogP contribution in [0.1, 0.15) is 36.8 Å². The van der Waals surface area contributed by atoms with Crippen molar-refractivity contribution in [3.05, 3.63) is 59.7 Å². The van der Waals surface area contributed by atoms with E-state index in [1.807, 2.05) is 12.1 Å². The predicted octanol–water partition coefficient (Wildman–Crippen LogP) is 2.89. The summed E-state index contributed by atoms with van der Waals surface area (Å²) in [7, 11) is -3.61. The number of nitrogens with zero attached hydrogens (tertiary/aromatic N) is 2. The first kappa shape index (κ1) is 20.1. The van der Waals surface area contributed by atoms with E-state index in [0.717, 1.165) is 37.3 Å². The largest absolute Gasteiger partial charge is 0.312 e. The highest BCUT2D eigenvalue weighted by Gasteiger charge is 2.22. The van der Waals surface area contributed by atoms with Gasteiger partial charge in [-0.25, -0.2) is 13.1 Å². The van der Waals surface area contributed by atoms with Crippen molar-refractivity contribution in [2.45, 2.75) is 43.7 Å². The quantitative estimate of drug-likeness (QED) is 0.758. The first-order valence-electron chi connectivity index (χ1n) is 10.2. The number of hydrogen-bond acceptors (Lipinski definition) is 4. The molecule has 2 heterocycles. The van der Waals surface area contributed by atoms with Crippen LogP contribution in [0.5, 0.6) is 0 Å². The van der Waals surface area contributed by atoms with E-state index in [9.17, 15) is 13.2 Å². The monoisotopic (exact) mass is 413 g/mol. The Morgan fingerprint density at radius 2 is 1.62 bits per heavy atom. The number of carbonyl (C=O) groups is 1. The maximum atomic E-state index is 12.7. The lowest BCUT2D eigenvalue weighted by Gasteiger charge is -2.16. The molecule has 2 saturated heterocycles. The van der Waals surface area contributed by atoms with E-state index in [2.05, 4.69) is 21.8 Å². The number of sulfonamides is 1. The maximum absolute atomic E-state index is 12.7. The van der Waals surface area contributed by atoms with Gasteiger partial charge in [-0.3, -0.25) is 9.69 Å².